The summed E-state index contributed by atoms with van der Waals surface area (Å²) in [5.74, 6) is 2.37. The number of fused-ring (bicyclic) bond motifs is 5. The first-order valence-electron chi connectivity index (χ1n) is 4.14. The lowest BCUT2D eigenvalue weighted by molar-refractivity contribution is 0.103. The van der Waals surface area contributed by atoms with Gasteiger partial charge in [-0.05, 0) is 30.9 Å². The van der Waals surface area contributed by atoms with Crippen LogP contribution in [0.2, 0.25) is 0 Å². The van der Waals surface area contributed by atoms with E-state index in [0.717, 1.165) is 24.4 Å². The van der Waals surface area contributed by atoms with Crippen molar-refractivity contribution in [3.05, 3.63) is 0 Å². The second kappa shape index (κ2) is 3.14. The van der Waals surface area contributed by atoms with E-state index in [2.05, 4.69) is 11.8 Å². The largest absolute Gasteiger partial charge is 0.380 e. The lowest BCUT2D eigenvalue weighted by Gasteiger charge is -2.31. The molecule has 0 aromatic heterocycles. The fourth-order valence-corrected chi connectivity index (χ4v) is 3.06. The Morgan fingerprint density at radius 2 is 2.20 bits per heavy atom. The maximum absolute atomic E-state index is 5.49. The third-order valence-electron chi connectivity index (χ3n) is 2.44. The monoisotopic (exact) mass is 158 g/mol. The molecule has 1 nitrogen and oxygen atoms in total. The van der Waals surface area contributed by atoms with E-state index in [1.807, 2.05) is 0 Å². The highest BCUT2D eigenvalue weighted by Gasteiger charge is 2.23. The second-order valence-corrected chi connectivity index (χ2v) is 4.60. The van der Waals surface area contributed by atoms with Gasteiger partial charge >= 0.3 is 0 Å². The van der Waals surface area contributed by atoms with Gasteiger partial charge in [-0.1, -0.05) is 0 Å². The molecule has 58 valence electrons. The average molecular weight is 158 g/mol. The molecular weight excluding hydrogens is 144 g/mol. The molecule has 3 aliphatic rings. The summed E-state index contributed by atoms with van der Waals surface area (Å²) >= 11 is 2.12. The molecule has 0 aromatic carbocycles. The van der Waals surface area contributed by atoms with Gasteiger partial charge in [-0.25, -0.2) is 0 Å². The molecule has 2 unspecified atom stereocenters. The highest BCUT2D eigenvalue weighted by Crippen LogP contribution is 2.32. The summed E-state index contributed by atoms with van der Waals surface area (Å²) in [5.41, 5.74) is 0. The minimum atomic E-state index is 0.830. The van der Waals surface area contributed by atoms with Gasteiger partial charge in [-0.2, -0.15) is 11.8 Å². The zero-order valence-corrected chi connectivity index (χ0v) is 7.03. The molecule has 10 heavy (non-hydrogen) atoms. The number of hydrogen-bond acceptors (Lipinski definition) is 2. The van der Waals surface area contributed by atoms with Crippen molar-refractivity contribution in [1.82, 2.24) is 0 Å². The Hall–Kier alpha value is 0.310. The van der Waals surface area contributed by atoms with Crippen molar-refractivity contribution in [2.45, 2.75) is 24.5 Å². The predicted octanol–water partition coefficient (Wildman–Crippen LogP) is 1.92. The van der Waals surface area contributed by atoms with Gasteiger partial charge in [-0.3, -0.25) is 0 Å². The van der Waals surface area contributed by atoms with Crippen LogP contribution in [-0.4, -0.2) is 24.2 Å². The molecule has 3 fully saturated rings. The van der Waals surface area contributed by atoms with Crippen LogP contribution >= 0.6 is 11.8 Å². The van der Waals surface area contributed by atoms with Crippen molar-refractivity contribution in [3.63, 3.8) is 0 Å². The third-order valence-corrected chi connectivity index (χ3v) is 3.95. The summed E-state index contributed by atoms with van der Waals surface area (Å²) in [7, 11) is 0. The number of thioether (sulfide) groups is 1. The average Bonchev–Trinajstić information content (AvgIpc) is 1.89. The van der Waals surface area contributed by atoms with E-state index in [0.29, 0.717) is 0 Å². The molecule has 3 aliphatic heterocycles. The number of ether oxygens (including phenoxy) is 1. The summed E-state index contributed by atoms with van der Waals surface area (Å²) in [5, 5.41) is 0.830. The highest BCUT2D eigenvalue weighted by molar-refractivity contribution is 8.00. The molecule has 0 radical (unpaired) electrons. The van der Waals surface area contributed by atoms with E-state index in [9.17, 15) is 0 Å². The Balaban J connectivity index is 1.94. The van der Waals surface area contributed by atoms with Crippen LogP contribution < -0.4 is 0 Å². The summed E-state index contributed by atoms with van der Waals surface area (Å²) in [6, 6.07) is 0. The molecule has 0 N–H and O–H groups in total. The van der Waals surface area contributed by atoms with Gasteiger partial charge in [0.1, 0.15) is 0 Å². The van der Waals surface area contributed by atoms with Gasteiger partial charge in [0.2, 0.25) is 0 Å². The van der Waals surface area contributed by atoms with Gasteiger partial charge in [0.15, 0.2) is 0 Å². The van der Waals surface area contributed by atoms with Gasteiger partial charge in [0.25, 0.3) is 0 Å². The Morgan fingerprint density at radius 1 is 1.20 bits per heavy atom. The summed E-state index contributed by atoms with van der Waals surface area (Å²) in [6.07, 6.45) is 4.16. The summed E-state index contributed by atoms with van der Waals surface area (Å²) < 4.78 is 5.49. The lowest BCUT2D eigenvalue weighted by Crippen LogP contribution is -2.26. The van der Waals surface area contributed by atoms with Crippen molar-refractivity contribution >= 4 is 11.8 Å². The molecule has 0 saturated carbocycles. The van der Waals surface area contributed by atoms with Crippen LogP contribution in [0.3, 0.4) is 0 Å². The molecule has 0 aliphatic carbocycles. The second-order valence-electron chi connectivity index (χ2n) is 3.26. The van der Waals surface area contributed by atoms with E-state index in [4.69, 9.17) is 4.74 Å². The van der Waals surface area contributed by atoms with Crippen LogP contribution in [0.4, 0.5) is 0 Å². The molecule has 0 spiro atoms. The quantitative estimate of drug-likeness (QED) is 0.532. The Kier molecular flexibility index (Phi) is 2.19. The molecule has 3 heterocycles. The minimum Gasteiger partial charge on any atom is -0.380 e. The van der Waals surface area contributed by atoms with E-state index in [1.54, 1.807) is 0 Å². The van der Waals surface area contributed by atoms with Crippen LogP contribution in [-0.2, 0) is 4.74 Å². The topological polar surface area (TPSA) is 9.23 Å². The van der Waals surface area contributed by atoms with Crippen LogP contribution in [0.1, 0.15) is 19.3 Å². The van der Waals surface area contributed by atoms with Gasteiger partial charge < -0.3 is 4.74 Å². The van der Waals surface area contributed by atoms with E-state index >= 15 is 0 Å². The van der Waals surface area contributed by atoms with Crippen molar-refractivity contribution in [3.8, 4) is 0 Å². The van der Waals surface area contributed by atoms with Crippen molar-refractivity contribution in [2.75, 3.05) is 19.0 Å². The minimum absolute atomic E-state index is 0.830. The normalized spacial score (nSPS) is 40.8. The first-order valence-corrected chi connectivity index (χ1v) is 5.19. The zero-order chi connectivity index (χ0) is 6.81. The van der Waals surface area contributed by atoms with Crippen molar-refractivity contribution in [2.24, 2.45) is 5.92 Å². The fourth-order valence-electron chi connectivity index (χ4n) is 1.68. The van der Waals surface area contributed by atoms with E-state index in [-0.39, 0.29) is 0 Å². The smallest absolute Gasteiger partial charge is 0.0584 e. The Labute approximate surface area is 66.5 Å². The van der Waals surface area contributed by atoms with Crippen LogP contribution in [0.5, 0.6) is 0 Å². The number of rotatable bonds is 0. The van der Waals surface area contributed by atoms with Crippen LogP contribution in [0.25, 0.3) is 0 Å². The molecule has 2 heteroatoms. The maximum Gasteiger partial charge on any atom is 0.0584 e. The zero-order valence-electron chi connectivity index (χ0n) is 6.21. The molecule has 2 bridgehead atoms. The third kappa shape index (κ3) is 1.48. The first kappa shape index (κ1) is 6.99. The lowest BCUT2D eigenvalue weighted by atomic mass is 9.99. The molecule has 0 aromatic rings. The van der Waals surface area contributed by atoms with Crippen molar-refractivity contribution < 1.29 is 4.74 Å². The van der Waals surface area contributed by atoms with Crippen LogP contribution in [0, 0.1) is 5.92 Å². The molecule has 3 saturated heterocycles. The highest BCUT2D eigenvalue weighted by atomic mass is 32.2. The molecule has 2 atom stereocenters. The Bertz CT molecular complexity index is 88.3. The van der Waals surface area contributed by atoms with E-state index < -0.39 is 0 Å². The molecule has 3 rings (SSSR count). The Morgan fingerprint density at radius 3 is 3.00 bits per heavy atom. The number of hydrogen-bond donors (Lipinski definition) is 0. The van der Waals surface area contributed by atoms with E-state index in [1.165, 1.54) is 25.0 Å². The predicted molar refractivity (Wildman–Crippen MR) is 44.4 cm³/mol. The summed E-state index contributed by atoms with van der Waals surface area (Å²) in [4.78, 5) is 0. The molecule has 0 amide bonds. The summed E-state index contributed by atoms with van der Waals surface area (Å²) in [6.45, 7) is 2.03. The van der Waals surface area contributed by atoms with Gasteiger partial charge in [0, 0.05) is 11.9 Å². The van der Waals surface area contributed by atoms with Crippen LogP contribution in [0.15, 0.2) is 0 Å². The van der Waals surface area contributed by atoms with Gasteiger partial charge in [-0.15, -0.1) is 0 Å². The van der Waals surface area contributed by atoms with Crippen molar-refractivity contribution in [1.29, 1.82) is 0 Å². The SMILES string of the molecule is C1CC2CCC(CO1)SC2. The first-order chi connectivity index (χ1) is 4.95. The fraction of sp³-hybridized carbons (Fsp3) is 1.00. The van der Waals surface area contributed by atoms with Gasteiger partial charge in [0.05, 0.1) is 6.61 Å². The standard InChI is InChI=1S/C8H14OS/c1-2-8-5-9-4-3-7(1)6-10-8/h7-8H,1-6H2. The maximum atomic E-state index is 5.49. The molecular formula is C8H14OS.